The maximum atomic E-state index is 13.4. The molecule has 0 atom stereocenters. The number of nitrogens with two attached hydrogens (primary N) is 1. The van der Waals surface area contributed by atoms with Gasteiger partial charge in [-0.1, -0.05) is 20.3 Å². The maximum absolute atomic E-state index is 13.4. The first-order chi connectivity index (χ1) is 14.9. The molecule has 7 heteroatoms. The molecule has 0 aliphatic rings. The van der Waals surface area contributed by atoms with Gasteiger partial charge in [0.25, 0.3) is 0 Å². The van der Waals surface area contributed by atoms with Crippen LogP contribution < -0.4 is 15.8 Å². The van der Waals surface area contributed by atoms with E-state index in [9.17, 15) is 14.7 Å². The molecule has 2 aromatic carbocycles. The third-order valence-corrected chi connectivity index (χ3v) is 5.01. The van der Waals surface area contributed by atoms with Crippen molar-refractivity contribution in [2.24, 2.45) is 0 Å². The Labute approximate surface area is 181 Å². The number of nitrogens with one attached hydrogen (secondary N) is 1. The summed E-state index contributed by atoms with van der Waals surface area (Å²) in [6.07, 6.45) is 3.15. The summed E-state index contributed by atoms with van der Waals surface area (Å²) in [4.78, 5) is 25.4. The zero-order chi connectivity index (χ0) is 22.5. The van der Waals surface area contributed by atoms with Crippen LogP contribution in [0.2, 0.25) is 0 Å². The molecule has 164 valence electrons. The van der Waals surface area contributed by atoms with E-state index in [0.29, 0.717) is 46.4 Å². The van der Waals surface area contributed by atoms with Gasteiger partial charge in [-0.2, -0.15) is 0 Å². The zero-order valence-corrected chi connectivity index (χ0v) is 18.1. The molecule has 0 radical (unpaired) electrons. The Morgan fingerprint density at radius 2 is 1.90 bits per heavy atom. The van der Waals surface area contributed by atoms with Gasteiger partial charge in [0.2, 0.25) is 0 Å². The number of phenols is 1. The second-order valence-corrected chi connectivity index (χ2v) is 7.47. The van der Waals surface area contributed by atoms with Gasteiger partial charge in [0.1, 0.15) is 11.3 Å². The third-order valence-electron chi connectivity index (χ3n) is 5.01. The minimum atomic E-state index is -0.424. The lowest BCUT2D eigenvalue weighted by Gasteiger charge is -2.08. The number of fused-ring (bicyclic) bond motifs is 1. The largest absolute Gasteiger partial charge is 0.504 e. The summed E-state index contributed by atoms with van der Waals surface area (Å²) >= 11 is 0. The zero-order valence-electron chi connectivity index (χ0n) is 18.1. The van der Waals surface area contributed by atoms with E-state index < -0.39 is 5.97 Å². The molecule has 1 heterocycles. The number of anilines is 2. The van der Waals surface area contributed by atoms with E-state index in [1.54, 1.807) is 25.2 Å². The highest BCUT2D eigenvalue weighted by Gasteiger charge is 2.24. The van der Waals surface area contributed by atoms with Gasteiger partial charge in [-0.15, -0.1) is 0 Å². The molecule has 1 aromatic heterocycles. The van der Waals surface area contributed by atoms with Gasteiger partial charge in [0, 0.05) is 48.3 Å². The predicted molar refractivity (Wildman–Crippen MR) is 121 cm³/mol. The topological polar surface area (TPSA) is 115 Å². The fourth-order valence-corrected chi connectivity index (χ4v) is 3.46. The van der Waals surface area contributed by atoms with Crippen LogP contribution in [-0.2, 0) is 11.2 Å². The number of nitrogen functional groups attached to an aromatic ring is 1. The highest BCUT2D eigenvalue weighted by Crippen LogP contribution is 2.38. The van der Waals surface area contributed by atoms with E-state index in [0.717, 1.165) is 18.5 Å². The minimum Gasteiger partial charge on any atom is -0.504 e. The fourth-order valence-electron chi connectivity index (χ4n) is 3.46. The Morgan fingerprint density at radius 3 is 2.58 bits per heavy atom. The Balaban J connectivity index is 2.07. The summed E-state index contributed by atoms with van der Waals surface area (Å²) in [5.74, 6) is -0.361. The molecule has 0 spiro atoms. The van der Waals surface area contributed by atoms with Crippen LogP contribution in [0.5, 0.6) is 11.5 Å². The molecule has 0 bridgehead atoms. The number of benzene rings is 2. The van der Waals surface area contributed by atoms with Crippen LogP contribution in [0.1, 0.15) is 61.2 Å². The number of aryl methyl sites for hydroxylation is 1. The molecule has 3 aromatic rings. The van der Waals surface area contributed by atoms with Gasteiger partial charge in [0.05, 0.1) is 5.56 Å². The Hall–Kier alpha value is -3.48. The van der Waals surface area contributed by atoms with Crippen molar-refractivity contribution < 1.29 is 23.8 Å². The number of rotatable bonds is 9. The standard InChI is InChI=1S/C24H28N2O5/c1-4-6-8-22(28)31-21-13-20-17(12-18(21)27)23(19(30-20)7-5-2)24(29)14-9-15(25)11-16(10-14)26-3/h9-13,26-27H,4-8,25H2,1-3H3. The third kappa shape index (κ3) is 4.82. The van der Waals surface area contributed by atoms with E-state index in [2.05, 4.69) is 5.32 Å². The van der Waals surface area contributed by atoms with Gasteiger partial charge in [-0.25, -0.2) is 0 Å². The molecule has 0 amide bonds. The van der Waals surface area contributed by atoms with E-state index in [1.807, 2.05) is 13.8 Å². The van der Waals surface area contributed by atoms with Crippen molar-refractivity contribution in [1.82, 2.24) is 0 Å². The second-order valence-electron chi connectivity index (χ2n) is 7.47. The van der Waals surface area contributed by atoms with Crippen LogP contribution in [0.4, 0.5) is 11.4 Å². The molecule has 0 aliphatic heterocycles. The molecule has 31 heavy (non-hydrogen) atoms. The average Bonchev–Trinajstić information content (AvgIpc) is 3.08. The summed E-state index contributed by atoms with van der Waals surface area (Å²) < 4.78 is 11.3. The molecule has 0 saturated heterocycles. The normalized spacial score (nSPS) is 10.9. The Morgan fingerprint density at radius 1 is 1.13 bits per heavy atom. The van der Waals surface area contributed by atoms with E-state index >= 15 is 0 Å². The van der Waals surface area contributed by atoms with E-state index in [1.165, 1.54) is 12.1 Å². The number of aromatic hydroxyl groups is 1. The summed E-state index contributed by atoms with van der Waals surface area (Å²) in [6.45, 7) is 3.97. The number of furan rings is 1. The molecular formula is C24H28N2O5. The van der Waals surface area contributed by atoms with Gasteiger partial charge in [-0.05, 0) is 37.1 Å². The Bertz CT molecular complexity index is 1120. The number of phenolic OH excluding ortho intramolecular Hbond substituents is 1. The molecule has 0 fully saturated rings. The van der Waals surface area contributed by atoms with Crippen LogP contribution in [0.15, 0.2) is 34.7 Å². The van der Waals surface area contributed by atoms with Gasteiger partial charge in [0.15, 0.2) is 17.3 Å². The molecule has 0 saturated carbocycles. The first kappa shape index (κ1) is 22.2. The Kier molecular flexibility index (Phi) is 6.84. The van der Waals surface area contributed by atoms with Crippen molar-refractivity contribution in [3.8, 4) is 11.5 Å². The minimum absolute atomic E-state index is 0.0193. The van der Waals surface area contributed by atoms with E-state index in [-0.39, 0.29) is 23.7 Å². The van der Waals surface area contributed by atoms with Gasteiger partial charge in [-0.3, -0.25) is 9.59 Å². The van der Waals surface area contributed by atoms with Crippen molar-refractivity contribution in [2.45, 2.75) is 46.0 Å². The monoisotopic (exact) mass is 424 g/mol. The van der Waals surface area contributed by atoms with Crippen molar-refractivity contribution in [2.75, 3.05) is 18.1 Å². The fraction of sp³-hybridized carbons (Fsp3) is 0.333. The molecule has 0 unspecified atom stereocenters. The van der Waals surface area contributed by atoms with Crippen LogP contribution in [0.3, 0.4) is 0 Å². The molecule has 7 nitrogen and oxygen atoms in total. The number of unbranched alkanes of at least 4 members (excludes halogenated alkanes) is 1. The van der Waals surface area contributed by atoms with Gasteiger partial charge >= 0.3 is 5.97 Å². The number of ketones is 1. The first-order valence-electron chi connectivity index (χ1n) is 10.5. The number of hydrogen-bond acceptors (Lipinski definition) is 7. The highest BCUT2D eigenvalue weighted by atomic mass is 16.5. The molecule has 0 aliphatic carbocycles. The summed E-state index contributed by atoms with van der Waals surface area (Å²) in [5.41, 5.74) is 8.31. The summed E-state index contributed by atoms with van der Waals surface area (Å²) in [7, 11) is 1.75. The summed E-state index contributed by atoms with van der Waals surface area (Å²) in [5, 5.41) is 13.9. The number of ether oxygens (including phenoxy) is 1. The van der Waals surface area contributed by atoms with Crippen LogP contribution in [-0.4, -0.2) is 23.9 Å². The smallest absolute Gasteiger partial charge is 0.311 e. The highest BCUT2D eigenvalue weighted by molar-refractivity contribution is 6.17. The SMILES string of the molecule is CCCCC(=O)Oc1cc2oc(CCC)c(C(=O)c3cc(N)cc(NC)c3)c2cc1O. The maximum Gasteiger partial charge on any atom is 0.311 e. The van der Waals surface area contributed by atoms with Crippen molar-refractivity contribution >= 4 is 34.1 Å². The predicted octanol–water partition coefficient (Wildman–Crippen LogP) is 5.04. The quantitative estimate of drug-likeness (QED) is 0.191. The lowest BCUT2D eigenvalue weighted by molar-refractivity contribution is -0.134. The number of esters is 1. The van der Waals surface area contributed by atoms with Crippen LogP contribution in [0.25, 0.3) is 11.0 Å². The van der Waals surface area contributed by atoms with Crippen LogP contribution >= 0.6 is 0 Å². The average molecular weight is 424 g/mol. The lowest BCUT2D eigenvalue weighted by atomic mass is 9.97. The molecular weight excluding hydrogens is 396 g/mol. The number of carbonyl (C=O) groups is 2. The molecule has 3 rings (SSSR count). The summed E-state index contributed by atoms with van der Waals surface area (Å²) in [6, 6.07) is 7.95. The second kappa shape index (κ2) is 9.55. The van der Waals surface area contributed by atoms with E-state index in [4.69, 9.17) is 14.9 Å². The first-order valence-corrected chi connectivity index (χ1v) is 10.5. The molecule has 4 N–H and O–H groups in total. The van der Waals surface area contributed by atoms with Crippen molar-refractivity contribution in [3.05, 3.63) is 47.2 Å². The number of hydrogen-bond donors (Lipinski definition) is 3. The lowest BCUT2D eigenvalue weighted by Crippen LogP contribution is -2.07. The number of carbonyl (C=O) groups excluding carboxylic acids is 2. The van der Waals surface area contributed by atoms with Crippen molar-refractivity contribution in [3.63, 3.8) is 0 Å². The van der Waals surface area contributed by atoms with Gasteiger partial charge < -0.3 is 25.3 Å². The van der Waals surface area contributed by atoms with Crippen LogP contribution in [0, 0.1) is 0 Å². The van der Waals surface area contributed by atoms with Crippen molar-refractivity contribution in [1.29, 1.82) is 0 Å².